The largest absolute Gasteiger partial charge is 0.505 e. The number of hydrogen-bond donors (Lipinski definition) is 3. The highest BCUT2D eigenvalue weighted by Gasteiger charge is 2.27. The van der Waals surface area contributed by atoms with Crippen LogP contribution in [0, 0.1) is 0 Å². The van der Waals surface area contributed by atoms with Crippen molar-refractivity contribution in [1.82, 2.24) is 0 Å². The van der Waals surface area contributed by atoms with Crippen LogP contribution < -0.4 is 5.32 Å². The summed E-state index contributed by atoms with van der Waals surface area (Å²) in [5.74, 6) is -2.23. The number of carboxylic acids is 1. The number of carbonyl (C=O) groups excluding carboxylic acids is 1. The van der Waals surface area contributed by atoms with Gasteiger partial charge >= 0.3 is 5.97 Å². The van der Waals surface area contributed by atoms with E-state index in [1.54, 1.807) is 54.6 Å². The van der Waals surface area contributed by atoms with E-state index < -0.39 is 17.5 Å². The van der Waals surface area contributed by atoms with Crippen molar-refractivity contribution in [1.29, 1.82) is 0 Å². The molecule has 0 aliphatic heterocycles. The molecule has 24 heavy (non-hydrogen) atoms. The first-order valence-corrected chi connectivity index (χ1v) is 7.90. The standard InChI is InChI=1S/C18H13NO4S/c20-14(11-7-3-1-4-8-11)16-15(21)13(18(22)23)17(24-16)19-12-9-5-2-6-10-12/h1-10,19,21H,(H,22,23). The average Bonchev–Trinajstić information content (AvgIpc) is 2.92. The van der Waals surface area contributed by atoms with Crippen molar-refractivity contribution in [2.24, 2.45) is 0 Å². The lowest BCUT2D eigenvalue weighted by Crippen LogP contribution is -2.01. The minimum Gasteiger partial charge on any atom is -0.505 e. The van der Waals surface area contributed by atoms with Gasteiger partial charge in [0, 0.05) is 11.3 Å². The number of benzene rings is 2. The molecule has 1 aromatic heterocycles. The average molecular weight is 339 g/mol. The third-order valence-corrected chi connectivity index (χ3v) is 4.46. The molecule has 0 unspecified atom stereocenters. The van der Waals surface area contributed by atoms with Gasteiger partial charge in [-0.25, -0.2) is 4.79 Å². The van der Waals surface area contributed by atoms with Crippen molar-refractivity contribution in [3.63, 3.8) is 0 Å². The maximum atomic E-state index is 12.5. The summed E-state index contributed by atoms with van der Waals surface area (Å²) in [5, 5.41) is 22.8. The number of para-hydroxylation sites is 1. The van der Waals surface area contributed by atoms with Crippen molar-refractivity contribution in [2.45, 2.75) is 0 Å². The Morgan fingerprint density at radius 2 is 1.50 bits per heavy atom. The summed E-state index contributed by atoms with van der Waals surface area (Å²) < 4.78 is 0. The number of ketones is 1. The summed E-state index contributed by atoms with van der Waals surface area (Å²) in [6, 6.07) is 17.4. The Morgan fingerprint density at radius 3 is 2.08 bits per heavy atom. The third-order valence-electron chi connectivity index (χ3n) is 3.37. The molecule has 0 aliphatic carbocycles. The molecule has 0 fully saturated rings. The van der Waals surface area contributed by atoms with Crippen molar-refractivity contribution < 1.29 is 19.8 Å². The molecule has 3 aromatic rings. The third kappa shape index (κ3) is 3.00. The molecule has 2 aromatic carbocycles. The van der Waals surface area contributed by atoms with Gasteiger partial charge in [0.25, 0.3) is 0 Å². The molecule has 0 amide bonds. The highest BCUT2D eigenvalue weighted by Crippen LogP contribution is 2.41. The molecular weight excluding hydrogens is 326 g/mol. The summed E-state index contributed by atoms with van der Waals surface area (Å²) in [7, 11) is 0. The monoisotopic (exact) mass is 339 g/mol. The van der Waals surface area contributed by atoms with Gasteiger partial charge in [0.05, 0.1) is 0 Å². The van der Waals surface area contributed by atoms with E-state index >= 15 is 0 Å². The fourth-order valence-corrected chi connectivity index (χ4v) is 3.30. The van der Waals surface area contributed by atoms with Crippen LogP contribution in [0.25, 0.3) is 0 Å². The van der Waals surface area contributed by atoms with Gasteiger partial charge in [-0.3, -0.25) is 4.79 Å². The van der Waals surface area contributed by atoms with Crippen molar-refractivity contribution in [3.8, 4) is 5.75 Å². The van der Waals surface area contributed by atoms with Crippen molar-refractivity contribution >= 4 is 33.8 Å². The van der Waals surface area contributed by atoms with Crippen LogP contribution in [0.15, 0.2) is 60.7 Å². The number of rotatable bonds is 5. The molecule has 1 heterocycles. The maximum Gasteiger partial charge on any atom is 0.342 e. The highest BCUT2D eigenvalue weighted by atomic mass is 32.1. The first kappa shape index (κ1) is 15.8. The summed E-state index contributed by atoms with van der Waals surface area (Å²) in [6.45, 7) is 0. The lowest BCUT2D eigenvalue weighted by atomic mass is 10.1. The number of thiophene rings is 1. The van der Waals surface area contributed by atoms with Gasteiger partial charge in [0.2, 0.25) is 5.78 Å². The molecule has 120 valence electrons. The number of nitrogens with one attached hydrogen (secondary N) is 1. The van der Waals surface area contributed by atoms with E-state index in [0.29, 0.717) is 11.3 Å². The molecule has 0 saturated heterocycles. The fraction of sp³-hybridized carbons (Fsp3) is 0. The highest BCUT2D eigenvalue weighted by molar-refractivity contribution is 7.19. The van der Waals surface area contributed by atoms with Gasteiger partial charge in [0.15, 0.2) is 5.75 Å². The molecule has 6 heteroatoms. The zero-order valence-corrected chi connectivity index (χ0v) is 13.2. The van der Waals surface area contributed by atoms with Crippen LogP contribution >= 0.6 is 11.3 Å². The Balaban J connectivity index is 2.04. The Morgan fingerprint density at radius 1 is 0.917 bits per heavy atom. The van der Waals surface area contributed by atoms with Crippen LogP contribution in [-0.4, -0.2) is 22.0 Å². The second-order valence-corrected chi connectivity index (χ2v) is 6.00. The Bertz CT molecular complexity index is 888. The minimum atomic E-state index is -1.30. The fourth-order valence-electron chi connectivity index (χ4n) is 2.24. The molecule has 3 N–H and O–H groups in total. The summed E-state index contributed by atoms with van der Waals surface area (Å²) in [5.41, 5.74) is 0.750. The molecule has 0 radical (unpaired) electrons. The zero-order chi connectivity index (χ0) is 17.1. The topological polar surface area (TPSA) is 86.6 Å². The van der Waals surface area contributed by atoms with Crippen LogP contribution in [0.5, 0.6) is 5.75 Å². The predicted octanol–water partition coefficient (Wildman–Crippen LogP) is 4.13. The molecular formula is C18H13NO4S. The van der Waals surface area contributed by atoms with E-state index in [1.165, 1.54) is 0 Å². The molecule has 5 nitrogen and oxygen atoms in total. The molecule has 0 aliphatic rings. The normalized spacial score (nSPS) is 10.3. The van der Waals surface area contributed by atoms with Crippen molar-refractivity contribution in [3.05, 3.63) is 76.7 Å². The first-order chi connectivity index (χ1) is 11.6. The van der Waals surface area contributed by atoms with E-state index in [0.717, 1.165) is 11.3 Å². The maximum absolute atomic E-state index is 12.5. The number of aromatic carboxylic acids is 1. The molecule has 3 rings (SSSR count). The smallest absolute Gasteiger partial charge is 0.342 e. The van der Waals surface area contributed by atoms with E-state index in [9.17, 15) is 19.8 Å². The van der Waals surface area contributed by atoms with Gasteiger partial charge in [-0.2, -0.15) is 0 Å². The molecule has 0 spiro atoms. The lowest BCUT2D eigenvalue weighted by Gasteiger charge is -2.04. The first-order valence-electron chi connectivity index (χ1n) is 7.09. The van der Waals surface area contributed by atoms with Crippen molar-refractivity contribution in [2.75, 3.05) is 5.32 Å². The van der Waals surface area contributed by atoms with Crippen LogP contribution in [-0.2, 0) is 0 Å². The summed E-state index contributed by atoms with van der Waals surface area (Å²) >= 11 is 0.921. The van der Waals surface area contributed by atoms with Gasteiger partial charge < -0.3 is 15.5 Å². The van der Waals surface area contributed by atoms with Gasteiger partial charge in [-0.15, -0.1) is 11.3 Å². The number of hydrogen-bond acceptors (Lipinski definition) is 5. The van der Waals surface area contributed by atoms with E-state index in [4.69, 9.17) is 0 Å². The van der Waals surface area contributed by atoms with Crippen LogP contribution in [0.1, 0.15) is 25.6 Å². The zero-order valence-electron chi connectivity index (χ0n) is 12.4. The van der Waals surface area contributed by atoms with Crippen LogP contribution in [0.2, 0.25) is 0 Å². The second-order valence-electron chi connectivity index (χ2n) is 4.98. The van der Waals surface area contributed by atoms with Crippen LogP contribution in [0.3, 0.4) is 0 Å². The Labute approximate surface area is 141 Å². The minimum absolute atomic E-state index is 0.00275. The van der Waals surface area contributed by atoms with Gasteiger partial charge in [0.1, 0.15) is 15.4 Å². The van der Waals surface area contributed by atoms with Gasteiger partial charge in [-0.05, 0) is 12.1 Å². The van der Waals surface area contributed by atoms with Crippen LogP contribution in [0.4, 0.5) is 10.7 Å². The summed E-state index contributed by atoms with van der Waals surface area (Å²) in [4.78, 5) is 24.0. The Kier molecular flexibility index (Phi) is 4.31. The number of anilines is 2. The molecule has 0 saturated carbocycles. The molecule has 0 atom stereocenters. The Hall–Kier alpha value is -3.12. The molecule has 0 bridgehead atoms. The predicted molar refractivity (Wildman–Crippen MR) is 92.5 cm³/mol. The van der Waals surface area contributed by atoms with Gasteiger partial charge in [-0.1, -0.05) is 48.5 Å². The number of aromatic hydroxyl groups is 1. The van der Waals surface area contributed by atoms with E-state index in [2.05, 4.69) is 5.32 Å². The summed E-state index contributed by atoms with van der Waals surface area (Å²) in [6.07, 6.45) is 0. The quantitative estimate of drug-likeness (QED) is 0.609. The lowest BCUT2D eigenvalue weighted by molar-refractivity contribution is 0.0695. The number of carboxylic acid groups (broad SMARTS) is 1. The van der Waals surface area contributed by atoms with E-state index in [1.807, 2.05) is 6.07 Å². The number of carbonyl (C=O) groups is 2. The SMILES string of the molecule is O=C(c1ccccc1)c1sc(Nc2ccccc2)c(C(=O)O)c1O. The second kappa shape index (κ2) is 6.55. The van der Waals surface area contributed by atoms with E-state index in [-0.39, 0.29) is 15.4 Å².